The number of ether oxygens (including phenoxy) is 1. The van der Waals surface area contributed by atoms with Crippen molar-refractivity contribution in [2.24, 2.45) is 0 Å². The number of nitrogens with one attached hydrogen (secondary N) is 1. The fourth-order valence-corrected chi connectivity index (χ4v) is 2.55. The van der Waals surface area contributed by atoms with E-state index in [1.807, 2.05) is 10.9 Å². The van der Waals surface area contributed by atoms with E-state index in [0.717, 1.165) is 38.4 Å². The van der Waals surface area contributed by atoms with Crippen molar-refractivity contribution >= 4 is 0 Å². The molecule has 2 heterocycles. The highest BCUT2D eigenvalue weighted by Crippen LogP contribution is 2.10. The van der Waals surface area contributed by atoms with Crippen molar-refractivity contribution in [3.8, 4) is 0 Å². The van der Waals surface area contributed by atoms with Gasteiger partial charge < -0.3 is 10.1 Å². The quantitative estimate of drug-likeness (QED) is 0.839. The lowest BCUT2D eigenvalue weighted by molar-refractivity contribution is -0.0687. The van der Waals surface area contributed by atoms with Crippen molar-refractivity contribution in [1.29, 1.82) is 0 Å². The Morgan fingerprint density at radius 3 is 2.65 bits per heavy atom. The summed E-state index contributed by atoms with van der Waals surface area (Å²) < 4.78 is 7.67. The predicted molar refractivity (Wildman–Crippen MR) is 78.4 cm³/mol. The van der Waals surface area contributed by atoms with Crippen LogP contribution in [0.25, 0.3) is 0 Å². The van der Waals surface area contributed by atoms with Crippen molar-refractivity contribution in [1.82, 2.24) is 25.2 Å². The molecule has 2 rings (SSSR count). The van der Waals surface area contributed by atoms with Gasteiger partial charge in [-0.3, -0.25) is 9.58 Å². The normalized spacial score (nSPS) is 24.4. The van der Waals surface area contributed by atoms with E-state index >= 15 is 0 Å². The third kappa shape index (κ3) is 4.85. The molecular weight excluding hydrogens is 254 g/mol. The Balaban J connectivity index is 1.76. The van der Waals surface area contributed by atoms with Gasteiger partial charge in [-0.25, -0.2) is 0 Å². The molecule has 0 amide bonds. The second-order valence-electron chi connectivity index (χ2n) is 6.03. The van der Waals surface area contributed by atoms with Gasteiger partial charge in [0.15, 0.2) is 0 Å². The number of rotatable bonds is 6. The smallest absolute Gasteiger partial charge is 0.0964 e. The Morgan fingerprint density at radius 2 is 2.00 bits per heavy atom. The number of hydrogen-bond acceptors (Lipinski definition) is 5. The van der Waals surface area contributed by atoms with E-state index in [4.69, 9.17) is 4.74 Å². The first-order valence-electron chi connectivity index (χ1n) is 7.53. The molecule has 0 aliphatic carbocycles. The van der Waals surface area contributed by atoms with Crippen LogP contribution >= 0.6 is 0 Å². The largest absolute Gasteiger partial charge is 0.373 e. The third-order valence-electron chi connectivity index (χ3n) is 3.42. The van der Waals surface area contributed by atoms with Crippen LogP contribution in [0, 0.1) is 0 Å². The highest BCUT2D eigenvalue weighted by Gasteiger charge is 2.21. The van der Waals surface area contributed by atoms with Gasteiger partial charge in [0.05, 0.1) is 24.4 Å². The summed E-state index contributed by atoms with van der Waals surface area (Å²) >= 11 is 0. The molecule has 1 aliphatic rings. The predicted octanol–water partition coefficient (Wildman–Crippen LogP) is 0.885. The fourth-order valence-electron chi connectivity index (χ4n) is 2.55. The minimum absolute atomic E-state index is 0.320. The van der Waals surface area contributed by atoms with E-state index in [9.17, 15) is 0 Å². The molecule has 20 heavy (non-hydrogen) atoms. The van der Waals surface area contributed by atoms with E-state index in [-0.39, 0.29) is 0 Å². The molecule has 0 saturated carbocycles. The molecule has 6 nitrogen and oxygen atoms in total. The van der Waals surface area contributed by atoms with Crippen LogP contribution in [-0.4, -0.2) is 57.8 Å². The summed E-state index contributed by atoms with van der Waals surface area (Å²) in [5, 5.41) is 11.7. The molecule has 6 heteroatoms. The van der Waals surface area contributed by atoms with E-state index in [1.165, 1.54) is 0 Å². The lowest BCUT2D eigenvalue weighted by Crippen LogP contribution is -2.46. The molecule has 0 bridgehead atoms. The van der Waals surface area contributed by atoms with E-state index < -0.39 is 0 Å². The Bertz CT molecular complexity index is 396. The van der Waals surface area contributed by atoms with E-state index in [2.05, 4.69) is 48.2 Å². The van der Waals surface area contributed by atoms with Crippen LogP contribution < -0.4 is 5.32 Å². The van der Waals surface area contributed by atoms with Crippen molar-refractivity contribution < 1.29 is 4.74 Å². The summed E-state index contributed by atoms with van der Waals surface area (Å²) in [5.74, 6) is 0. The topological polar surface area (TPSA) is 55.2 Å². The SMILES string of the molecule is CC(C)NCc1cn(CCN2C[C@@H](C)O[C@@H](C)C2)nn1. The van der Waals surface area contributed by atoms with Gasteiger partial charge in [0.2, 0.25) is 0 Å². The first-order valence-corrected chi connectivity index (χ1v) is 7.53. The van der Waals surface area contributed by atoms with Gasteiger partial charge in [0.1, 0.15) is 0 Å². The minimum atomic E-state index is 0.320. The van der Waals surface area contributed by atoms with Crippen LogP contribution in [-0.2, 0) is 17.8 Å². The van der Waals surface area contributed by atoms with Gasteiger partial charge in [-0.15, -0.1) is 5.10 Å². The summed E-state index contributed by atoms with van der Waals surface area (Å²) in [6.07, 6.45) is 2.67. The number of aromatic nitrogens is 3. The minimum Gasteiger partial charge on any atom is -0.373 e. The van der Waals surface area contributed by atoms with Crippen LogP contribution in [0.15, 0.2) is 6.20 Å². The highest BCUT2D eigenvalue weighted by atomic mass is 16.5. The molecular formula is C14H27N5O. The zero-order valence-corrected chi connectivity index (χ0v) is 13.0. The molecule has 0 spiro atoms. The van der Waals surface area contributed by atoms with Crippen molar-refractivity contribution in [3.05, 3.63) is 11.9 Å². The van der Waals surface area contributed by atoms with Crippen LogP contribution in [0.1, 0.15) is 33.4 Å². The molecule has 0 radical (unpaired) electrons. The Morgan fingerprint density at radius 1 is 1.30 bits per heavy atom. The van der Waals surface area contributed by atoms with E-state index in [1.54, 1.807) is 0 Å². The average Bonchev–Trinajstić information content (AvgIpc) is 2.81. The van der Waals surface area contributed by atoms with Gasteiger partial charge in [-0.05, 0) is 13.8 Å². The number of hydrogen-bond donors (Lipinski definition) is 1. The fraction of sp³-hybridized carbons (Fsp3) is 0.857. The molecule has 1 aromatic rings. The molecule has 1 aliphatic heterocycles. The second kappa shape index (κ2) is 7.15. The van der Waals surface area contributed by atoms with Crippen LogP contribution in [0.5, 0.6) is 0 Å². The lowest BCUT2D eigenvalue weighted by atomic mass is 10.2. The van der Waals surface area contributed by atoms with Gasteiger partial charge in [0, 0.05) is 38.4 Å². The second-order valence-corrected chi connectivity index (χ2v) is 6.03. The Hall–Kier alpha value is -0.980. The Labute approximate surface area is 121 Å². The van der Waals surface area contributed by atoms with Crippen LogP contribution in [0.3, 0.4) is 0 Å². The van der Waals surface area contributed by atoms with Crippen LogP contribution in [0.2, 0.25) is 0 Å². The first kappa shape index (κ1) is 15.4. The maximum atomic E-state index is 5.74. The van der Waals surface area contributed by atoms with Crippen molar-refractivity contribution in [3.63, 3.8) is 0 Å². The van der Waals surface area contributed by atoms with Gasteiger partial charge in [0.25, 0.3) is 0 Å². The maximum Gasteiger partial charge on any atom is 0.0964 e. The monoisotopic (exact) mass is 281 g/mol. The summed E-state index contributed by atoms with van der Waals surface area (Å²) in [4.78, 5) is 2.44. The van der Waals surface area contributed by atoms with Gasteiger partial charge in [-0.2, -0.15) is 0 Å². The van der Waals surface area contributed by atoms with Crippen LogP contribution in [0.4, 0.5) is 0 Å². The van der Waals surface area contributed by atoms with Gasteiger partial charge >= 0.3 is 0 Å². The van der Waals surface area contributed by atoms with Crippen molar-refractivity contribution in [2.45, 2.75) is 59.0 Å². The van der Waals surface area contributed by atoms with E-state index in [0.29, 0.717) is 18.2 Å². The molecule has 114 valence electrons. The molecule has 1 saturated heterocycles. The standard InChI is InChI=1S/C14H27N5O/c1-11(2)15-7-14-10-19(17-16-14)6-5-18-8-12(3)20-13(4)9-18/h10-13,15H,5-9H2,1-4H3/t12-,13+. The maximum absolute atomic E-state index is 5.74. The Kier molecular flexibility index (Phi) is 5.51. The zero-order valence-electron chi connectivity index (χ0n) is 13.0. The average molecular weight is 281 g/mol. The molecule has 1 N–H and O–H groups in total. The summed E-state index contributed by atoms with van der Waals surface area (Å²) in [6.45, 7) is 13.2. The first-order chi connectivity index (χ1) is 9.52. The molecule has 1 aromatic heterocycles. The zero-order chi connectivity index (χ0) is 14.5. The lowest BCUT2D eigenvalue weighted by Gasteiger charge is -2.35. The van der Waals surface area contributed by atoms with Crippen molar-refractivity contribution in [2.75, 3.05) is 19.6 Å². The summed E-state index contributed by atoms with van der Waals surface area (Å²) in [5.41, 5.74) is 1.00. The molecule has 0 unspecified atom stereocenters. The summed E-state index contributed by atoms with van der Waals surface area (Å²) in [6, 6.07) is 0.469. The number of nitrogens with zero attached hydrogens (tertiary/aromatic N) is 4. The highest BCUT2D eigenvalue weighted by molar-refractivity contribution is 4.91. The summed E-state index contributed by atoms with van der Waals surface area (Å²) in [7, 11) is 0. The number of morpholine rings is 1. The molecule has 0 aromatic carbocycles. The molecule has 1 fully saturated rings. The molecule has 2 atom stereocenters. The van der Waals surface area contributed by atoms with Gasteiger partial charge in [-0.1, -0.05) is 19.1 Å². The third-order valence-corrected chi connectivity index (χ3v) is 3.42.